The van der Waals surface area contributed by atoms with Gasteiger partial charge in [0.25, 0.3) is 0 Å². The van der Waals surface area contributed by atoms with Gasteiger partial charge >= 0.3 is 12.2 Å². The second kappa shape index (κ2) is 10.6. The molecule has 0 aromatic heterocycles. The maximum atomic E-state index is 13.6. The minimum Gasteiger partial charge on any atom is -0.435 e. The Morgan fingerprint density at radius 2 is 1.79 bits per heavy atom. The third-order valence-corrected chi connectivity index (χ3v) is 12.1. The number of hydrogen-bond donors (Lipinski definition) is 2. The van der Waals surface area contributed by atoms with Gasteiger partial charge in [0.15, 0.2) is 0 Å². The van der Waals surface area contributed by atoms with Crippen molar-refractivity contribution in [2.75, 3.05) is 26.3 Å². The highest BCUT2D eigenvalue weighted by molar-refractivity contribution is 6.82. The monoisotopic (exact) mass is 540 g/mol. The average molecular weight is 541 g/mol. The van der Waals surface area contributed by atoms with Crippen LogP contribution in [0, 0.1) is 0 Å². The Bertz CT molecular complexity index is 1150. The van der Waals surface area contributed by atoms with E-state index >= 15 is 0 Å². The summed E-state index contributed by atoms with van der Waals surface area (Å²) < 4.78 is 10.1. The van der Waals surface area contributed by atoms with E-state index in [-0.39, 0.29) is 30.2 Å². The molecule has 2 N–H and O–H groups in total. The Kier molecular flexibility index (Phi) is 7.74. The molecule has 3 aliphatic rings. The summed E-state index contributed by atoms with van der Waals surface area (Å²) in [5.74, 6) is 0.680. The molecule has 9 nitrogen and oxygen atoms in total. The van der Waals surface area contributed by atoms with Crippen molar-refractivity contribution in [2.24, 2.45) is 4.99 Å². The maximum Gasteiger partial charge on any atom is 0.508 e. The van der Waals surface area contributed by atoms with Crippen molar-refractivity contribution in [1.82, 2.24) is 15.5 Å². The van der Waals surface area contributed by atoms with Gasteiger partial charge in [-0.2, -0.15) is 0 Å². The fourth-order valence-corrected chi connectivity index (χ4v) is 8.30. The van der Waals surface area contributed by atoms with Gasteiger partial charge in [0.1, 0.15) is 12.4 Å². The number of rotatable bonds is 7. The second-order valence-electron chi connectivity index (χ2n) is 11.8. The highest BCUT2D eigenvalue weighted by atomic mass is 28.3. The fraction of sp³-hybridized carbons (Fsp3) is 0.571. The fourth-order valence-electron chi connectivity index (χ4n) is 5.70. The maximum absolute atomic E-state index is 13.6. The predicted octanol–water partition coefficient (Wildman–Crippen LogP) is 4.79. The lowest BCUT2D eigenvalue weighted by Crippen LogP contribution is -2.55. The Morgan fingerprint density at radius 3 is 2.37 bits per heavy atom. The van der Waals surface area contributed by atoms with Crippen LogP contribution in [0.1, 0.15) is 51.6 Å². The minimum absolute atomic E-state index is 0.0580. The molecule has 1 saturated carbocycles. The third-order valence-electron chi connectivity index (χ3n) is 8.46. The quantitative estimate of drug-likeness (QED) is 0.382. The molecule has 1 aromatic rings. The Labute approximate surface area is 226 Å². The number of urea groups is 1. The van der Waals surface area contributed by atoms with Crippen LogP contribution in [-0.2, 0) is 14.3 Å². The van der Waals surface area contributed by atoms with Gasteiger partial charge in [0.2, 0.25) is 5.91 Å². The third kappa shape index (κ3) is 5.10. The molecule has 1 fully saturated rings. The van der Waals surface area contributed by atoms with E-state index in [4.69, 9.17) is 9.47 Å². The number of carbonyl (C=O) groups is 3. The number of aliphatic imine (C=N–C) groups is 1. The van der Waals surface area contributed by atoms with Crippen LogP contribution in [-0.4, -0.2) is 68.7 Å². The van der Waals surface area contributed by atoms with Gasteiger partial charge in [0.05, 0.1) is 39.4 Å². The van der Waals surface area contributed by atoms with E-state index in [1.54, 1.807) is 11.8 Å². The number of amides is 3. The number of ether oxygens (including phenoxy) is 2. The normalized spacial score (nSPS) is 20.2. The number of benzene rings is 1. The van der Waals surface area contributed by atoms with E-state index in [0.717, 1.165) is 36.0 Å². The number of nitrogens with zero attached hydrogens (tertiary/aromatic N) is 2. The molecule has 206 valence electrons. The SMILES string of the molecule is CCOC(=O)OC[C@@H](NC(=O)N1CC2=C(CN=C2NC(=O)C2([Si](C)(C)C)CCC2)C1(C)C)c1ccccc1. The molecule has 0 bridgehead atoms. The Hall–Kier alpha value is -3.14. The molecule has 2 aliphatic heterocycles. The summed E-state index contributed by atoms with van der Waals surface area (Å²) in [7, 11) is -1.73. The van der Waals surface area contributed by atoms with Gasteiger partial charge < -0.3 is 25.0 Å². The second-order valence-corrected chi connectivity index (χ2v) is 17.3. The first-order valence-electron chi connectivity index (χ1n) is 13.4. The number of nitrogens with one attached hydrogen (secondary N) is 2. The molecule has 10 heteroatoms. The molecular formula is C28H40N4O5Si. The molecule has 1 aliphatic carbocycles. The van der Waals surface area contributed by atoms with Crippen molar-refractivity contribution >= 4 is 32.0 Å². The van der Waals surface area contributed by atoms with Gasteiger partial charge in [-0.05, 0) is 44.7 Å². The van der Waals surface area contributed by atoms with E-state index in [1.165, 1.54) is 0 Å². The average Bonchev–Trinajstić information content (AvgIpc) is 3.33. The molecule has 1 aromatic carbocycles. The Morgan fingerprint density at radius 1 is 1.11 bits per heavy atom. The molecule has 4 rings (SSSR count). The van der Waals surface area contributed by atoms with Gasteiger partial charge in [-0.25, -0.2) is 9.59 Å². The molecular weight excluding hydrogens is 500 g/mol. The van der Waals surface area contributed by atoms with Crippen LogP contribution in [0.15, 0.2) is 46.5 Å². The lowest BCUT2D eigenvalue weighted by Gasteiger charge is -2.49. The summed E-state index contributed by atoms with van der Waals surface area (Å²) in [4.78, 5) is 45.3. The van der Waals surface area contributed by atoms with E-state index in [2.05, 4.69) is 35.3 Å². The Balaban J connectivity index is 1.47. The van der Waals surface area contributed by atoms with Crippen LogP contribution in [0.2, 0.25) is 24.7 Å². The van der Waals surface area contributed by atoms with Gasteiger partial charge in [-0.1, -0.05) is 56.4 Å². The number of carbonyl (C=O) groups excluding carboxylic acids is 3. The lowest BCUT2D eigenvalue weighted by molar-refractivity contribution is -0.125. The first-order valence-corrected chi connectivity index (χ1v) is 16.9. The van der Waals surface area contributed by atoms with Gasteiger partial charge in [-0.3, -0.25) is 9.79 Å². The molecule has 0 radical (unpaired) electrons. The van der Waals surface area contributed by atoms with Crippen LogP contribution in [0.4, 0.5) is 9.59 Å². The van der Waals surface area contributed by atoms with Gasteiger partial charge in [0, 0.05) is 10.6 Å². The standard InChI is InChI=1S/C28H40N4O5Si/c1-7-36-26(35)37-18-22(19-12-9-8-10-13-19)30-25(34)32-17-20-21(27(32,2)3)16-29-23(20)31-24(33)28(14-11-15-28)38(4,5)6/h8-10,12-13,22H,7,11,14-18H2,1-6H3,(H,30,34)(H,29,31,33)/t22-/m1/s1. The van der Waals surface area contributed by atoms with Crippen molar-refractivity contribution in [3.63, 3.8) is 0 Å². The van der Waals surface area contributed by atoms with E-state index in [0.29, 0.717) is 18.9 Å². The molecule has 2 heterocycles. The summed E-state index contributed by atoms with van der Waals surface area (Å²) in [6, 6.07) is 8.54. The van der Waals surface area contributed by atoms with Gasteiger partial charge in [-0.15, -0.1) is 0 Å². The smallest absolute Gasteiger partial charge is 0.435 e. The molecule has 38 heavy (non-hydrogen) atoms. The summed E-state index contributed by atoms with van der Waals surface area (Å²) in [5, 5.41) is 5.95. The van der Waals surface area contributed by atoms with Crippen molar-refractivity contribution in [3.05, 3.63) is 47.0 Å². The van der Waals surface area contributed by atoms with Crippen molar-refractivity contribution in [2.45, 2.75) is 76.3 Å². The predicted molar refractivity (Wildman–Crippen MR) is 149 cm³/mol. The summed E-state index contributed by atoms with van der Waals surface area (Å²) in [6.45, 7) is 13.4. The molecule has 3 amide bonds. The lowest BCUT2D eigenvalue weighted by atomic mass is 9.83. The van der Waals surface area contributed by atoms with Crippen LogP contribution >= 0.6 is 0 Å². The van der Waals surface area contributed by atoms with Crippen molar-refractivity contribution in [3.8, 4) is 0 Å². The van der Waals surface area contributed by atoms with Crippen LogP contribution in [0.3, 0.4) is 0 Å². The zero-order valence-electron chi connectivity index (χ0n) is 23.3. The molecule has 0 spiro atoms. The summed E-state index contributed by atoms with van der Waals surface area (Å²) in [5.41, 5.74) is 2.18. The number of amidine groups is 1. The summed E-state index contributed by atoms with van der Waals surface area (Å²) in [6.07, 6.45) is 2.18. The highest BCUT2D eigenvalue weighted by Gasteiger charge is 2.54. The zero-order valence-corrected chi connectivity index (χ0v) is 24.3. The highest BCUT2D eigenvalue weighted by Crippen LogP contribution is 2.55. The topological polar surface area (TPSA) is 109 Å². The van der Waals surface area contributed by atoms with Crippen LogP contribution < -0.4 is 10.6 Å². The van der Waals surface area contributed by atoms with Crippen molar-refractivity contribution < 1.29 is 23.9 Å². The van der Waals surface area contributed by atoms with Crippen molar-refractivity contribution in [1.29, 1.82) is 0 Å². The van der Waals surface area contributed by atoms with E-state index in [9.17, 15) is 14.4 Å². The van der Waals surface area contributed by atoms with E-state index in [1.807, 2.05) is 44.2 Å². The first kappa shape index (κ1) is 27.9. The molecule has 1 atom stereocenters. The molecule has 0 unspecified atom stereocenters. The summed E-state index contributed by atoms with van der Waals surface area (Å²) >= 11 is 0. The minimum atomic E-state index is -1.73. The van der Waals surface area contributed by atoms with Crippen LogP contribution in [0.5, 0.6) is 0 Å². The van der Waals surface area contributed by atoms with E-state index < -0.39 is 25.8 Å². The molecule has 0 saturated heterocycles. The zero-order chi connectivity index (χ0) is 27.7. The first-order chi connectivity index (χ1) is 17.9. The largest absolute Gasteiger partial charge is 0.508 e. The number of hydrogen-bond acceptors (Lipinski definition) is 6. The van der Waals surface area contributed by atoms with Crippen LogP contribution in [0.25, 0.3) is 0 Å².